The van der Waals surface area contributed by atoms with Gasteiger partial charge in [-0.1, -0.05) is 0 Å². The molecular formula is C21H20AsN5O2. The third kappa shape index (κ3) is 3.75. The van der Waals surface area contributed by atoms with Gasteiger partial charge >= 0.3 is 177 Å². The van der Waals surface area contributed by atoms with Crippen molar-refractivity contribution >= 4 is 43.9 Å². The number of pyridine rings is 1. The van der Waals surface area contributed by atoms with E-state index >= 15 is 0 Å². The molecule has 0 bridgehead atoms. The van der Waals surface area contributed by atoms with Gasteiger partial charge in [0, 0.05) is 0 Å². The normalized spacial score (nSPS) is 13.2. The average Bonchev–Trinajstić information content (AvgIpc) is 2.71. The number of carbonyl (C=O) groups is 2. The zero-order valence-electron chi connectivity index (χ0n) is 16.1. The van der Waals surface area contributed by atoms with Crippen molar-refractivity contribution in [1.29, 1.82) is 0 Å². The molecule has 0 spiro atoms. The monoisotopic (exact) mass is 449 g/mol. The molecule has 2 aromatic heterocycles. The maximum absolute atomic E-state index is 12.5. The summed E-state index contributed by atoms with van der Waals surface area (Å²) < 4.78 is 0.721. The summed E-state index contributed by atoms with van der Waals surface area (Å²) in [6.45, 7) is 4.18. The van der Waals surface area contributed by atoms with Gasteiger partial charge in [0.05, 0.1) is 0 Å². The molecule has 7 nitrogen and oxygen atoms in total. The van der Waals surface area contributed by atoms with Crippen molar-refractivity contribution in [2.24, 2.45) is 0 Å². The van der Waals surface area contributed by atoms with Crippen molar-refractivity contribution in [2.45, 2.75) is 19.8 Å². The number of carbonyl (C=O) groups excluding carboxylic acids is 2. The van der Waals surface area contributed by atoms with Crippen LogP contribution in [0.1, 0.15) is 40.6 Å². The fourth-order valence-electron chi connectivity index (χ4n) is 3.23. The number of rotatable bonds is 5. The van der Waals surface area contributed by atoms with E-state index in [2.05, 4.69) is 37.4 Å². The van der Waals surface area contributed by atoms with E-state index in [1.807, 2.05) is 36.1 Å². The van der Waals surface area contributed by atoms with E-state index in [0.29, 0.717) is 23.3 Å². The predicted octanol–water partition coefficient (Wildman–Crippen LogP) is 1.47. The molecule has 0 unspecified atom stereocenters. The summed E-state index contributed by atoms with van der Waals surface area (Å²) in [5.41, 5.74) is 3.17. The van der Waals surface area contributed by atoms with E-state index in [1.165, 1.54) is 0 Å². The molecule has 8 heteroatoms. The minimum atomic E-state index is -0.230. The van der Waals surface area contributed by atoms with Crippen LogP contribution in [0.3, 0.4) is 0 Å². The zero-order valence-corrected chi connectivity index (χ0v) is 17.9. The van der Waals surface area contributed by atoms with Gasteiger partial charge in [0.1, 0.15) is 0 Å². The van der Waals surface area contributed by atoms with Gasteiger partial charge in [-0.25, -0.2) is 0 Å². The number of nitrogens with zero attached hydrogens (tertiary/aromatic N) is 4. The van der Waals surface area contributed by atoms with Gasteiger partial charge in [-0.05, 0) is 0 Å². The first-order valence-corrected chi connectivity index (χ1v) is 10.5. The molecule has 0 saturated carbocycles. The summed E-state index contributed by atoms with van der Waals surface area (Å²) in [4.78, 5) is 31.0. The van der Waals surface area contributed by atoms with E-state index in [1.54, 1.807) is 12.4 Å². The second-order valence-electron chi connectivity index (χ2n) is 6.96. The molecule has 4 rings (SSSR count). The van der Waals surface area contributed by atoms with Crippen molar-refractivity contribution in [3.8, 4) is 11.1 Å². The topological polar surface area (TPSA) is 88.1 Å². The quantitative estimate of drug-likeness (QED) is 0.597. The second kappa shape index (κ2) is 8.29. The molecule has 1 aliphatic heterocycles. The van der Waals surface area contributed by atoms with Crippen LogP contribution in [0.25, 0.3) is 22.0 Å². The summed E-state index contributed by atoms with van der Waals surface area (Å²) in [5.74, 6) is -0.231. The number of aromatic nitrogens is 3. The summed E-state index contributed by atoms with van der Waals surface area (Å²) in [7, 11) is 0. The first-order valence-electron chi connectivity index (χ1n) is 9.61. The minimum absolute atomic E-state index is 0.000324. The molecule has 1 N–H and O–H groups in total. The van der Waals surface area contributed by atoms with Gasteiger partial charge in [-0.15, -0.1) is 0 Å². The third-order valence-electron chi connectivity index (χ3n) is 4.96. The Morgan fingerprint density at radius 2 is 2.03 bits per heavy atom. The van der Waals surface area contributed by atoms with Crippen LogP contribution in [0.5, 0.6) is 0 Å². The Kier molecular flexibility index (Phi) is 5.58. The summed E-state index contributed by atoms with van der Waals surface area (Å²) >= 11 is 2.42. The maximum atomic E-state index is 12.5. The Balaban J connectivity index is 1.74. The number of benzene rings is 1. The molecule has 1 aliphatic rings. The van der Waals surface area contributed by atoms with Crippen LogP contribution in [0, 0.1) is 0 Å². The Bertz CT molecular complexity index is 1100. The molecule has 3 heterocycles. The molecule has 2 radical (unpaired) electrons. The SMILES string of the molecule is CCCNC(=O)c1nnc2c(-c3cncc(C(=O)N4CCC4)c3)cccc2c1[As]. The van der Waals surface area contributed by atoms with Gasteiger partial charge in [-0.3, -0.25) is 0 Å². The number of likely N-dealkylation sites (tertiary alicyclic amines) is 1. The fraction of sp³-hybridized carbons (Fsp3) is 0.286. The van der Waals surface area contributed by atoms with E-state index in [4.69, 9.17) is 0 Å². The van der Waals surface area contributed by atoms with Crippen LogP contribution in [-0.4, -0.2) is 68.4 Å². The molecule has 0 aliphatic carbocycles. The molecule has 1 aromatic carbocycles. The van der Waals surface area contributed by atoms with Crippen molar-refractivity contribution in [3.63, 3.8) is 0 Å². The van der Waals surface area contributed by atoms with E-state index < -0.39 is 0 Å². The number of hydrogen-bond acceptors (Lipinski definition) is 5. The van der Waals surface area contributed by atoms with E-state index in [9.17, 15) is 9.59 Å². The Labute approximate surface area is 177 Å². The van der Waals surface area contributed by atoms with E-state index in [0.717, 1.165) is 46.8 Å². The second-order valence-corrected chi connectivity index (χ2v) is 7.90. The van der Waals surface area contributed by atoms with Gasteiger partial charge < -0.3 is 0 Å². The van der Waals surface area contributed by atoms with E-state index in [-0.39, 0.29) is 11.8 Å². The molecule has 29 heavy (non-hydrogen) atoms. The van der Waals surface area contributed by atoms with Gasteiger partial charge in [0.2, 0.25) is 0 Å². The van der Waals surface area contributed by atoms with Crippen LogP contribution in [0.4, 0.5) is 0 Å². The Morgan fingerprint density at radius 3 is 2.76 bits per heavy atom. The van der Waals surface area contributed by atoms with Crippen molar-refractivity contribution in [3.05, 3.63) is 47.9 Å². The first-order chi connectivity index (χ1) is 14.1. The molecule has 1 fully saturated rings. The van der Waals surface area contributed by atoms with Crippen LogP contribution in [-0.2, 0) is 0 Å². The Hall–Kier alpha value is -2.79. The average molecular weight is 449 g/mol. The molecule has 0 atom stereocenters. The van der Waals surface area contributed by atoms with Crippen LogP contribution < -0.4 is 9.67 Å². The molecule has 3 aromatic rings. The summed E-state index contributed by atoms with van der Waals surface area (Å²) in [6.07, 6.45) is 5.21. The van der Waals surface area contributed by atoms with Gasteiger partial charge in [0.25, 0.3) is 0 Å². The zero-order chi connectivity index (χ0) is 20.4. The third-order valence-corrected chi connectivity index (χ3v) is 5.91. The van der Waals surface area contributed by atoms with Crippen LogP contribution in [0.15, 0.2) is 36.7 Å². The molecule has 2 amide bonds. The fourth-order valence-corrected chi connectivity index (χ4v) is 3.92. The predicted molar refractivity (Wildman–Crippen MR) is 111 cm³/mol. The molecule has 1 saturated heterocycles. The standard InChI is InChI=1S/C21H20AsN5O2/c1-2-7-24-20(28)19-17(22)16-6-3-5-15(18(16)25-26-19)13-10-14(12-23-11-13)21(29)27-8-4-9-27/h3,5-6,10-12H,2,4,7-9H2,1H3,(H,24,28). The van der Waals surface area contributed by atoms with Crippen molar-refractivity contribution in [1.82, 2.24) is 25.4 Å². The van der Waals surface area contributed by atoms with Crippen molar-refractivity contribution in [2.75, 3.05) is 19.6 Å². The van der Waals surface area contributed by atoms with Gasteiger partial charge in [0.15, 0.2) is 0 Å². The number of hydrogen-bond donors (Lipinski definition) is 1. The molecule has 146 valence electrons. The summed E-state index contributed by atoms with van der Waals surface area (Å²) in [6, 6.07) is 7.60. The summed E-state index contributed by atoms with van der Waals surface area (Å²) in [5, 5.41) is 12.2. The Morgan fingerprint density at radius 1 is 1.21 bits per heavy atom. The van der Waals surface area contributed by atoms with Crippen molar-refractivity contribution < 1.29 is 9.59 Å². The van der Waals surface area contributed by atoms with Crippen LogP contribution >= 0.6 is 0 Å². The van der Waals surface area contributed by atoms with Crippen LogP contribution in [0.2, 0.25) is 0 Å². The number of amides is 2. The first kappa shape index (κ1) is 19.5. The molecular weight excluding hydrogens is 429 g/mol. The number of fused-ring (bicyclic) bond motifs is 1. The number of nitrogens with one attached hydrogen (secondary N) is 1. The van der Waals surface area contributed by atoms with Gasteiger partial charge in [-0.2, -0.15) is 0 Å².